The van der Waals surface area contributed by atoms with Crippen LogP contribution in [0.25, 0.3) is 0 Å². The lowest BCUT2D eigenvalue weighted by Crippen LogP contribution is -2.42. The molecule has 2 unspecified atom stereocenters. The summed E-state index contributed by atoms with van der Waals surface area (Å²) in [6.07, 6.45) is 1.44. The number of ether oxygens (including phenoxy) is 1. The fourth-order valence-corrected chi connectivity index (χ4v) is 4.47. The van der Waals surface area contributed by atoms with Crippen LogP contribution in [0.2, 0.25) is 0 Å². The first-order valence-electron chi connectivity index (χ1n) is 9.78. The number of Topliss-reactive ketones (excluding diaryl/α,β-unsaturated/α-hetero) is 1. The molecule has 2 aliphatic heterocycles. The summed E-state index contributed by atoms with van der Waals surface area (Å²) < 4.78 is 30.7. The van der Waals surface area contributed by atoms with Gasteiger partial charge in [-0.2, -0.15) is 0 Å². The zero-order valence-electron chi connectivity index (χ0n) is 17.1. The van der Waals surface area contributed by atoms with Gasteiger partial charge in [0.15, 0.2) is 0 Å². The summed E-state index contributed by atoms with van der Waals surface area (Å²) in [5.74, 6) is -3.37. The highest BCUT2D eigenvalue weighted by atomic mass is 32.2. The molecule has 2 amide bonds. The molecule has 3 rings (SSSR count). The summed E-state index contributed by atoms with van der Waals surface area (Å²) in [7, 11) is 0.0891. The summed E-state index contributed by atoms with van der Waals surface area (Å²) in [6.45, 7) is 3.98. The van der Waals surface area contributed by atoms with Gasteiger partial charge in [-0.05, 0) is 17.7 Å². The minimum atomic E-state index is -1.43. The first-order chi connectivity index (χ1) is 14.3. The predicted octanol–water partition coefficient (Wildman–Crippen LogP) is -0.119. The predicted molar refractivity (Wildman–Crippen MR) is 108 cm³/mol. The number of carbonyl (C=O) groups is 3. The number of morpholine rings is 1. The molecule has 2 aliphatic rings. The number of hydrogen-bond donors (Lipinski definition) is 0. The van der Waals surface area contributed by atoms with Crippen LogP contribution in [0.3, 0.4) is 0 Å². The Balaban J connectivity index is 1.62. The van der Waals surface area contributed by atoms with E-state index < -0.39 is 40.1 Å². The van der Waals surface area contributed by atoms with E-state index >= 15 is 0 Å². The number of nitrogens with zero attached hydrogens (tertiary/aromatic N) is 3. The SMILES string of the molecule is CN(Cc1ccc(F)cc1S(C)=O)C(=O)C1CN(CCN2CCOCC2)C(=O)C1=O. The van der Waals surface area contributed by atoms with Gasteiger partial charge in [-0.25, -0.2) is 4.39 Å². The molecule has 10 heteroatoms. The van der Waals surface area contributed by atoms with Gasteiger partial charge in [-0.1, -0.05) is 6.07 Å². The average molecular weight is 440 g/mol. The Morgan fingerprint density at radius 1 is 1.27 bits per heavy atom. The molecule has 2 saturated heterocycles. The van der Waals surface area contributed by atoms with E-state index in [0.29, 0.717) is 36.8 Å². The van der Waals surface area contributed by atoms with Crippen molar-refractivity contribution in [2.45, 2.75) is 11.4 Å². The van der Waals surface area contributed by atoms with Gasteiger partial charge in [0.25, 0.3) is 5.91 Å². The molecule has 0 saturated carbocycles. The largest absolute Gasteiger partial charge is 0.379 e. The van der Waals surface area contributed by atoms with Crippen LogP contribution in [0.15, 0.2) is 23.1 Å². The maximum absolute atomic E-state index is 13.5. The molecular weight excluding hydrogens is 413 g/mol. The second-order valence-electron chi connectivity index (χ2n) is 7.52. The highest BCUT2D eigenvalue weighted by Crippen LogP contribution is 2.20. The monoisotopic (exact) mass is 439 g/mol. The molecule has 0 radical (unpaired) electrons. The van der Waals surface area contributed by atoms with E-state index in [-0.39, 0.29) is 13.1 Å². The standard InChI is InChI=1S/C20H26FN3O5S/c1-22(12-14-3-4-15(21)11-17(14)30(2)28)19(26)16-13-24(20(27)18(16)25)6-5-23-7-9-29-10-8-23/h3-4,11,16H,5-10,12-13H2,1-2H3. The third-order valence-electron chi connectivity index (χ3n) is 5.43. The molecule has 0 aliphatic carbocycles. The van der Waals surface area contributed by atoms with Gasteiger partial charge in [0.1, 0.15) is 11.7 Å². The van der Waals surface area contributed by atoms with Crippen molar-refractivity contribution < 1.29 is 27.7 Å². The van der Waals surface area contributed by atoms with Gasteiger partial charge < -0.3 is 14.5 Å². The molecule has 30 heavy (non-hydrogen) atoms. The Bertz CT molecular complexity index is 859. The van der Waals surface area contributed by atoms with E-state index in [4.69, 9.17) is 4.74 Å². The van der Waals surface area contributed by atoms with Gasteiger partial charge in [-0.3, -0.25) is 23.5 Å². The maximum Gasteiger partial charge on any atom is 0.290 e. The number of carbonyl (C=O) groups excluding carboxylic acids is 3. The second kappa shape index (κ2) is 9.76. The van der Waals surface area contributed by atoms with Crippen LogP contribution in [0, 0.1) is 11.7 Å². The molecule has 2 heterocycles. The minimum Gasteiger partial charge on any atom is -0.379 e. The van der Waals surface area contributed by atoms with Crippen molar-refractivity contribution in [2.75, 3.05) is 59.2 Å². The van der Waals surface area contributed by atoms with Gasteiger partial charge in [0.2, 0.25) is 11.7 Å². The van der Waals surface area contributed by atoms with Crippen LogP contribution in [0.1, 0.15) is 5.56 Å². The number of rotatable bonds is 7. The second-order valence-corrected chi connectivity index (χ2v) is 8.87. The van der Waals surface area contributed by atoms with E-state index in [1.807, 2.05) is 0 Å². The van der Waals surface area contributed by atoms with Crippen molar-refractivity contribution in [3.8, 4) is 0 Å². The number of halogens is 1. The van der Waals surface area contributed by atoms with Crippen LogP contribution in [-0.2, 0) is 36.5 Å². The fourth-order valence-electron chi connectivity index (χ4n) is 3.69. The molecular formula is C20H26FN3O5S. The van der Waals surface area contributed by atoms with E-state index in [1.54, 1.807) is 0 Å². The lowest BCUT2D eigenvalue weighted by molar-refractivity contribution is -0.144. The Morgan fingerprint density at radius 2 is 1.97 bits per heavy atom. The van der Waals surface area contributed by atoms with Crippen molar-refractivity contribution in [3.63, 3.8) is 0 Å². The first-order valence-corrected chi connectivity index (χ1v) is 11.3. The van der Waals surface area contributed by atoms with Crippen LogP contribution < -0.4 is 0 Å². The summed E-state index contributed by atoms with van der Waals surface area (Å²) in [5, 5.41) is 0. The summed E-state index contributed by atoms with van der Waals surface area (Å²) in [4.78, 5) is 42.8. The van der Waals surface area contributed by atoms with Crippen molar-refractivity contribution in [3.05, 3.63) is 29.6 Å². The Morgan fingerprint density at radius 3 is 2.63 bits per heavy atom. The Labute approximate surface area is 177 Å². The van der Waals surface area contributed by atoms with E-state index in [0.717, 1.165) is 13.1 Å². The van der Waals surface area contributed by atoms with Crippen molar-refractivity contribution in [1.29, 1.82) is 0 Å². The van der Waals surface area contributed by atoms with Crippen molar-refractivity contribution in [1.82, 2.24) is 14.7 Å². The van der Waals surface area contributed by atoms with E-state index in [9.17, 15) is 23.0 Å². The summed E-state index contributed by atoms with van der Waals surface area (Å²) >= 11 is 0. The number of amides is 2. The Kier molecular flexibility index (Phi) is 7.32. The van der Waals surface area contributed by atoms with E-state index in [2.05, 4.69) is 4.90 Å². The number of benzene rings is 1. The molecule has 0 N–H and O–H groups in total. The Hall–Kier alpha value is -2.17. The maximum atomic E-state index is 13.5. The van der Waals surface area contributed by atoms with Crippen LogP contribution in [-0.4, -0.2) is 95.7 Å². The van der Waals surface area contributed by atoms with Gasteiger partial charge in [0.05, 0.1) is 24.0 Å². The van der Waals surface area contributed by atoms with Crippen LogP contribution >= 0.6 is 0 Å². The topological polar surface area (TPSA) is 87.2 Å². The highest BCUT2D eigenvalue weighted by Gasteiger charge is 2.44. The van der Waals surface area contributed by atoms with Gasteiger partial charge in [-0.15, -0.1) is 0 Å². The normalized spacial score (nSPS) is 21.2. The third-order valence-corrected chi connectivity index (χ3v) is 6.43. The zero-order chi connectivity index (χ0) is 21.8. The quantitative estimate of drug-likeness (QED) is 0.435. The molecule has 0 bridgehead atoms. The molecule has 164 valence electrons. The minimum absolute atomic E-state index is 0.0567. The molecule has 2 fully saturated rings. The van der Waals surface area contributed by atoms with Crippen LogP contribution in [0.5, 0.6) is 0 Å². The number of ketones is 1. The fraction of sp³-hybridized carbons (Fsp3) is 0.550. The lowest BCUT2D eigenvalue weighted by Gasteiger charge is -2.28. The first kappa shape index (κ1) is 22.5. The van der Waals surface area contributed by atoms with Crippen LogP contribution in [0.4, 0.5) is 4.39 Å². The average Bonchev–Trinajstić information content (AvgIpc) is 3.02. The lowest BCUT2D eigenvalue weighted by atomic mass is 10.1. The summed E-state index contributed by atoms with van der Waals surface area (Å²) in [6, 6.07) is 3.90. The number of likely N-dealkylation sites (tertiary alicyclic amines) is 1. The van der Waals surface area contributed by atoms with Gasteiger partial charge in [0, 0.05) is 57.5 Å². The highest BCUT2D eigenvalue weighted by molar-refractivity contribution is 7.84. The summed E-state index contributed by atoms with van der Waals surface area (Å²) in [5.41, 5.74) is 0.536. The van der Waals surface area contributed by atoms with Crippen molar-refractivity contribution in [2.24, 2.45) is 5.92 Å². The zero-order valence-corrected chi connectivity index (χ0v) is 18.0. The van der Waals surface area contributed by atoms with Gasteiger partial charge >= 0.3 is 0 Å². The smallest absolute Gasteiger partial charge is 0.290 e. The molecule has 0 aromatic heterocycles. The molecule has 0 spiro atoms. The van der Waals surface area contributed by atoms with Crippen molar-refractivity contribution >= 4 is 28.4 Å². The molecule has 8 nitrogen and oxygen atoms in total. The molecule has 1 aromatic carbocycles. The van der Waals surface area contributed by atoms with E-state index in [1.165, 1.54) is 41.3 Å². The number of hydrogen-bond acceptors (Lipinski definition) is 6. The molecule has 2 atom stereocenters. The molecule has 1 aromatic rings. The third kappa shape index (κ3) is 5.11.